The molecule has 0 bridgehead atoms. The number of alkyl halides is 1. The van der Waals surface area contributed by atoms with Crippen LogP contribution < -0.4 is 16.8 Å². The smallest absolute Gasteiger partial charge is 0.390 e. The number of ketones is 1. The van der Waals surface area contributed by atoms with Gasteiger partial charge in [-0.05, 0) is 51.0 Å². The van der Waals surface area contributed by atoms with E-state index < -0.39 is 70.6 Å². The number of Topliss-reactive ketones (excluding diaryl/α,β-unsaturated/α-hetero) is 1. The average molecular weight is 683 g/mol. The van der Waals surface area contributed by atoms with Gasteiger partial charge in [-0.15, -0.1) is 11.6 Å². The van der Waals surface area contributed by atoms with E-state index in [0.29, 0.717) is 13.0 Å². The summed E-state index contributed by atoms with van der Waals surface area (Å²) < 4.78 is 39.6. The Kier molecular flexibility index (Phi) is 14.6. The summed E-state index contributed by atoms with van der Waals surface area (Å²) in [5.41, 5.74) is 12.0. The number of amides is 2. The van der Waals surface area contributed by atoms with Gasteiger partial charge in [0.25, 0.3) is 5.91 Å². The first-order valence-corrected chi connectivity index (χ1v) is 16.5. The molecule has 8 unspecified atom stereocenters. The Hall–Kier alpha value is -2.38. The van der Waals surface area contributed by atoms with Gasteiger partial charge in [0, 0.05) is 26.2 Å². The molecule has 16 nitrogen and oxygen atoms in total. The van der Waals surface area contributed by atoms with Crippen LogP contribution in [0.3, 0.4) is 0 Å². The Bertz CT molecular complexity index is 1200. The van der Waals surface area contributed by atoms with Crippen molar-refractivity contribution in [2.45, 2.75) is 88.3 Å². The summed E-state index contributed by atoms with van der Waals surface area (Å²) in [6.07, 6.45) is 0.105. The first kappa shape index (κ1) is 38.8. The van der Waals surface area contributed by atoms with E-state index in [4.69, 9.17) is 37.8 Å². The molecule has 1 aliphatic carbocycles. The minimum absolute atomic E-state index is 0.0690. The standard InChI is InChI=1S/C20H33ClN2O10S.C7H14N4/c1-9(2)17(21)18(22-19(27)16(32-4)8-33-34(29,30)31)20(28)23-12(10(3)24)5-11-6-14(25)15(26)7-13(11)23;8-3-1-6-2-4-11(5-6)7(9)10/h9,11-18,25-26H,5-8H2,1-4H3,(H,22,27)(H,29,30,31);2H,1,3-5,8H2,(H3,9,10). The van der Waals surface area contributed by atoms with Crippen molar-refractivity contribution in [1.82, 2.24) is 15.1 Å². The molecule has 2 aliphatic heterocycles. The fourth-order valence-corrected chi connectivity index (χ4v) is 6.22. The van der Waals surface area contributed by atoms with Crippen LogP contribution in [0.4, 0.5) is 0 Å². The molecule has 18 heteroatoms. The molecule has 9 N–H and O–H groups in total. The number of nitrogens with zero attached hydrogens (tertiary/aromatic N) is 2. The van der Waals surface area contributed by atoms with Crippen molar-refractivity contribution < 1.29 is 46.5 Å². The summed E-state index contributed by atoms with van der Waals surface area (Å²) in [4.78, 5) is 42.1. The van der Waals surface area contributed by atoms with Crippen molar-refractivity contribution in [2.75, 3.05) is 33.4 Å². The molecule has 0 aromatic heterocycles. The normalized spacial score (nSPS) is 26.7. The van der Waals surface area contributed by atoms with Crippen molar-refractivity contribution in [3.63, 3.8) is 0 Å². The number of carbonyl (C=O) groups excluding carboxylic acids is 3. The van der Waals surface area contributed by atoms with E-state index in [-0.39, 0.29) is 36.4 Å². The van der Waals surface area contributed by atoms with E-state index >= 15 is 0 Å². The molecule has 45 heavy (non-hydrogen) atoms. The van der Waals surface area contributed by atoms with Gasteiger partial charge in [-0.3, -0.25) is 24.3 Å². The first-order valence-electron chi connectivity index (χ1n) is 14.7. The number of carbonyl (C=O) groups is 3. The molecular weight excluding hydrogens is 636 g/mol. The lowest BCUT2D eigenvalue weighted by atomic mass is 9.81. The molecule has 0 radical (unpaired) electrons. The van der Waals surface area contributed by atoms with Crippen LogP contribution in [0, 0.1) is 17.2 Å². The van der Waals surface area contributed by atoms with E-state index in [9.17, 15) is 33.0 Å². The summed E-state index contributed by atoms with van der Waals surface area (Å²) in [6, 6.07) is -2.66. The molecule has 0 aromatic carbocycles. The lowest BCUT2D eigenvalue weighted by molar-refractivity contribution is -0.146. The highest BCUT2D eigenvalue weighted by molar-refractivity contribution is 7.80. The fraction of sp³-hybridized carbons (Fsp3) is 0.778. The third kappa shape index (κ3) is 10.8. The zero-order valence-electron chi connectivity index (χ0n) is 26.0. The number of halogens is 1. The Labute approximate surface area is 268 Å². The van der Waals surface area contributed by atoms with Crippen molar-refractivity contribution in [3.05, 3.63) is 11.6 Å². The number of rotatable bonds is 12. The average Bonchev–Trinajstić information content (AvgIpc) is 3.56. The quantitative estimate of drug-likeness (QED) is 0.0417. The molecule has 2 fully saturated rings. The lowest BCUT2D eigenvalue weighted by Gasteiger charge is -2.40. The molecule has 3 aliphatic rings. The second-order valence-corrected chi connectivity index (χ2v) is 13.4. The number of fused-ring (bicyclic) bond motifs is 1. The lowest BCUT2D eigenvalue weighted by Crippen LogP contribution is -2.60. The first-order chi connectivity index (χ1) is 20.9. The number of aliphatic hydroxyl groups excluding tert-OH is 2. The van der Waals surface area contributed by atoms with Gasteiger partial charge < -0.3 is 41.5 Å². The predicted molar refractivity (Wildman–Crippen MR) is 164 cm³/mol. The maximum atomic E-state index is 13.7. The van der Waals surface area contributed by atoms with Crippen molar-refractivity contribution in [2.24, 2.45) is 23.3 Å². The van der Waals surface area contributed by atoms with Gasteiger partial charge in [0.15, 0.2) is 17.8 Å². The van der Waals surface area contributed by atoms with E-state index in [1.165, 1.54) is 17.4 Å². The molecular formula is C27H47ClN6O10S. The number of hydrogen-bond donors (Lipinski definition) is 7. The van der Waals surface area contributed by atoms with Crippen LogP contribution in [0.1, 0.15) is 46.5 Å². The molecule has 258 valence electrons. The number of likely N-dealkylation sites (tertiary alicyclic amines) is 1. The van der Waals surface area contributed by atoms with Gasteiger partial charge in [-0.25, -0.2) is 4.18 Å². The second-order valence-electron chi connectivity index (χ2n) is 11.8. The number of methoxy groups -OCH3 is 1. The predicted octanol–water partition coefficient (Wildman–Crippen LogP) is -1.27. The topological polar surface area (TPSA) is 259 Å². The van der Waals surface area contributed by atoms with Gasteiger partial charge >= 0.3 is 10.4 Å². The number of nitrogens with one attached hydrogen (secondary N) is 2. The minimum Gasteiger partial charge on any atom is -0.390 e. The SMILES string of the molecule is COC(COS(=O)(=O)O)C(=O)NC(C(=O)N1C(C(C)=O)CC2CC(O)C(O)CC21)C(Cl)C(C)C.N=C(N)N1CC=C(CCN)C1. The summed E-state index contributed by atoms with van der Waals surface area (Å²) >= 11 is 6.51. The monoisotopic (exact) mass is 682 g/mol. The van der Waals surface area contributed by atoms with Crippen LogP contribution in [-0.4, -0.2) is 132 Å². The van der Waals surface area contributed by atoms with Crippen LogP contribution >= 0.6 is 11.6 Å². The van der Waals surface area contributed by atoms with Crippen LogP contribution in [0.25, 0.3) is 0 Å². The summed E-state index contributed by atoms with van der Waals surface area (Å²) in [5, 5.41) is 29.0. The third-order valence-corrected chi connectivity index (χ3v) is 9.41. The maximum Gasteiger partial charge on any atom is 0.397 e. The van der Waals surface area contributed by atoms with Crippen molar-refractivity contribution in [3.8, 4) is 0 Å². The highest BCUT2D eigenvalue weighted by Gasteiger charge is 2.52. The maximum absolute atomic E-state index is 13.7. The highest BCUT2D eigenvalue weighted by atomic mass is 35.5. The molecule has 2 amide bonds. The molecule has 8 atom stereocenters. The number of guanidine groups is 1. The Balaban J connectivity index is 0.000000537. The number of hydrogen-bond acceptors (Lipinski definition) is 11. The molecule has 3 rings (SSSR count). The molecule has 1 saturated carbocycles. The Morgan fingerprint density at radius 3 is 2.31 bits per heavy atom. The van der Waals surface area contributed by atoms with Crippen LogP contribution in [0.5, 0.6) is 0 Å². The fourth-order valence-electron chi connectivity index (χ4n) is 5.76. The summed E-state index contributed by atoms with van der Waals surface area (Å²) in [5.74, 6) is -2.18. The van der Waals surface area contributed by atoms with Crippen LogP contribution in [0.15, 0.2) is 11.6 Å². The molecule has 0 aromatic rings. The zero-order chi connectivity index (χ0) is 34.2. The number of ether oxygens (including phenoxy) is 1. The van der Waals surface area contributed by atoms with E-state index in [1.54, 1.807) is 13.8 Å². The Morgan fingerprint density at radius 2 is 1.82 bits per heavy atom. The molecule has 2 heterocycles. The van der Waals surface area contributed by atoms with Gasteiger partial charge in [0.2, 0.25) is 5.91 Å². The van der Waals surface area contributed by atoms with Crippen molar-refractivity contribution in [1.29, 1.82) is 5.41 Å². The zero-order valence-corrected chi connectivity index (χ0v) is 27.5. The van der Waals surface area contributed by atoms with E-state index in [1.807, 2.05) is 4.90 Å². The van der Waals surface area contributed by atoms with Gasteiger partial charge in [0.1, 0.15) is 12.6 Å². The third-order valence-electron chi connectivity index (χ3n) is 8.22. The number of aliphatic hydroxyl groups is 2. The highest BCUT2D eigenvalue weighted by Crippen LogP contribution is 2.41. The van der Waals surface area contributed by atoms with Gasteiger partial charge in [-0.2, -0.15) is 8.42 Å². The van der Waals surface area contributed by atoms with Crippen LogP contribution in [0.2, 0.25) is 0 Å². The minimum atomic E-state index is -4.83. The second kappa shape index (κ2) is 17.0. The van der Waals surface area contributed by atoms with E-state index in [2.05, 4.69) is 15.6 Å². The molecule has 0 spiro atoms. The summed E-state index contributed by atoms with van der Waals surface area (Å²) in [6.45, 7) is 6.20. The van der Waals surface area contributed by atoms with Gasteiger partial charge in [-0.1, -0.05) is 25.5 Å². The van der Waals surface area contributed by atoms with Crippen molar-refractivity contribution >= 4 is 45.6 Å². The number of nitrogens with two attached hydrogens (primary N) is 2. The van der Waals surface area contributed by atoms with Crippen LogP contribution in [-0.2, 0) is 33.7 Å². The molecule has 1 saturated heterocycles. The van der Waals surface area contributed by atoms with E-state index in [0.717, 1.165) is 26.6 Å². The largest absolute Gasteiger partial charge is 0.397 e. The van der Waals surface area contributed by atoms with Gasteiger partial charge in [0.05, 0.1) is 23.6 Å². The summed E-state index contributed by atoms with van der Waals surface area (Å²) in [7, 11) is -3.72. The Morgan fingerprint density at radius 1 is 1.20 bits per heavy atom.